The lowest BCUT2D eigenvalue weighted by Gasteiger charge is -2.28. The number of tetrazole rings is 1. The van der Waals surface area contributed by atoms with Gasteiger partial charge in [0.1, 0.15) is 17.2 Å². The zero-order valence-electron chi connectivity index (χ0n) is 17.2. The normalized spacial score (nSPS) is 22.1. The molecule has 1 aromatic heterocycles. The Morgan fingerprint density at radius 3 is 2.87 bits per heavy atom. The van der Waals surface area contributed by atoms with E-state index in [-0.39, 0.29) is 41.3 Å². The van der Waals surface area contributed by atoms with Gasteiger partial charge >= 0.3 is 0 Å². The Bertz CT molecular complexity index is 989. The number of carbonyl (C=O) groups is 1. The Balaban J connectivity index is 1.50. The van der Waals surface area contributed by atoms with Crippen LogP contribution in [0, 0.1) is 0 Å². The molecule has 2 unspecified atom stereocenters. The summed E-state index contributed by atoms with van der Waals surface area (Å²) in [6, 6.07) is 5.31. The number of methoxy groups -OCH3 is 1. The maximum atomic E-state index is 12.4. The van der Waals surface area contributed by atoms with Gasteiger partial charge in [-0.05, 0) is 36.8 Å². The van der Waals surface area contributed by atoms with Gasteiger partial charge in [-0.2, -0.15) is 5.21 Å². The highest BCUT2D eigenvalue weighted by molar-refractivity contribution is 5.96. The molecule has 2 heterocycles. The monoisotopic (exact) mass is 427 g/mol. The zero-order chi connectivity index (χ0) is 21.8. The molecule has 2 atom stereocenters. The molecule has 0 spiro atoms. The fourth-order valence-electron chi connectivity index (χ4n) is 4.20. The van der Waals surface area contributed by atoms with Gasteiger partial charge in [0.05, 0.1) is 13.2 Å². The van der Waals surface area contributed by atoms with Crippen LogP contribution in [0.3, 0.4) is 0 Å². The molecular formula is C20H25N7O4. The highest BCUT2D eigenvalue weighted by Crippen LogP contribution is 2.45. The van der Waals surface area contributed by atoms with E-state index in [0.29, 0.717) is 19.0 Å². The van der Waals surface area contributed by atoms with E-state index in [1.54, 1.807) is 19.2 Å². The molecule has 4 rings (SSSR count). The van der Waals surface area contributed by atoms with Crippen LogP contribution in [0.2, 0.25) is 0 Å². The van der Waals surface area contributed by atoms with Crippen LogP contribution in [0.25, 0.3) is 0 Å². The van der Waals surface area contributed by atoms with Gasteiger partial charge in [0.2, 0.25) is 0 Å². The maximum Gasteiger partial charge on any atom is 0.278 e. The molecule has 2 aliphatic rings. The maximum absolute atomic E-state index is 12.4. The lowest BCUT2D eigenvalue weighted by atomic mass is 9.77. The molecule has 0 radical (unpaired) electrons. The topological polar surface area (TPSA) is 149 Å². The Kier molecular flexibility index (Phi) is 6.21. The van der Waals surface area contributed by atoms with Crippen LogP contribution < -0.4 is 0 Å². The van der Waals surface area contributed by atoms with Gasteiger partial charge in [-0.15, -0.1) is 20.4 Å². The molecule has 2 aromatic rings. The first-order valence-electron chi connectivity index (χ1n) is 10.3. The first-order chi connectivity index (χ1) is 15.1. The Labute approximate surface area is 178 Å². The van der Waals surface area contributed by atoms with Gasteiger partial charge in [0, 0.05) is 19.6 Å². The van der Waals surface area contributed by atoms with Gasteiger partial charge in [0.25, 0.3) is 5.91 Å². The summed E-state index contributed by atoms with van der Waals surface area (Å²) in [5.41, 5.74) is 0.917. The predicted octanol–water partition coefficient (Wildman–Crippen LogP) is 2.69. The highest BCUT2D eigenvalue weighted by atomic mass is 16.5. The molecule has 0 saturated heterocycles. The minimum Gasteiger partial charge on any atom is -0.508 e. The molecule has 1 aliphatic heterocycles. The molecule has 31 heavy (non-hydrogen) atoms. The van der Waals surface area contributed by atoms with E-state index in [1.165, 1.54) is 4.90 Å². The van der Waals surface area contributed by atoms with Crippen molar-refractivity contribution in [2.24, 2.45) is 10.2 Å². The molecule has 1 aliphatic carbocycles. The van der Waals surface area contributed by atoms with Gasteiger partial charge in [-0.3, -0.25) is 4.79 Å². The Morgan fingerprint density at radius 2 is 2.10 bits per heavy atom. The number of hydrogen-bond acceptors (Lipinski definition) is 9. The summed E-state index contributed by atoms with van der Waals surface area (Å²) >= 11 is 0. The standard InChI is InChI=1S/C20H25N7O4/c1-31-9-8-27-11-16(28)17(20(27)30)22-21-15-7-3-6-14(18(15)29)12-4-2-5-13(10-12)19-23-25-26-24-19/h3,6-7,12-13,28-29H,2,4-5,8-11H2,1H3,(H,23,24,25,26). The number of para-hydroxylation sites is 1. The van der Waals surface area contributed by atoms with Crippen LogP contribution in [-0.2, 0) is 9.53 Å². The van der Waals surface area contributed by atoms with E-state index in [4.69, 9.17) is 4.74 Å². The van der Waals surface area contributed by atoms with Crippen molar-refractivity contribution >= 4 is 11.6 Å². The number of amides is 1. The van der Waals surface area contributed by atoms with Crippen molar-refractivity contribution in [3.63, 3.8) is 0 Å². The first-order valence-corrected chi connectivity index (χ1v) is 10.3. The number of carbonyl (C=O) groups excluding carboxylic acids is 1. The van der Waals surface area contributed by atoms with Gasteiger partial charge in [-0.25, -0.2) is 0 Å². The second kappa shape index (κ2) is 9.21. The average molecular weight is 427 g/mol. The third-order valence-corrected chi connectivity index (χ3v) is 5.81. The van der Waals surface area contributed by atoms with Crippen LogP contribution >= 0.6 is 0 Å². The SMILES string of the molecule is COCCN1CC(O)=C(N=Nc2cccc(C3CCCC(c4nn[nH]n4)C3)c2O)C1=O. The molecule has 11 nitrogen and oxygen atoms in total. The molecule has 164 valence electrons. The van der Waals surface area contributed by atoms with Crippen LogP contribution in [0.15, 0.2) is 39.9 Å². The van der Waals surface area contributed by atoms with Crippen LogP contribution in [-0.4, -0.2) is 68.5 Å². The van der Waals surface area contributed by atoms with E-state index in [9.17, 15) is 15.0 Å². The number of nitrogens with one attached hydrogen (secondary N) is 1. The highest BCUT2D eigenvalue weighted by Gasteiger charge is 2.31. The molecule has 1 saturated carbocycles. The summed E-state index contributed by atoms with van der Waals surface area (Å²) in [4.78, 5) is 13.8. The third kappa shape index (κ3) is 4.41. The van der Waals surface area contributed by atoms with Crippen molar-refractivity contribution in [1.82, 2.24) is 25.5 Å². The number of aromatic amines is 1. The van der Waals surface area contributed by atoms with Crippen LogP contribution in [0.5, 0.6) is 5.75 Å². The minimum atomic E-state index is -0.413. The quantitative estimate of drug-likeness (QED) is 0.575. The summed E-state index contributed by atoms with van der Waals surface area (Å²) in [7, 11) is 1.54. The summed E-state index contributed by atoms with van der Waals surface area (Å²) in [6.07, 6.45) is 3.70. The molecular weight excluding hydrogens is 402 g/mol. The van der Waals surface area contributed by atoms with Crippen molar-refractivity contribution < 1.29 is 19.7 Å². The molecule has 0 bridgehead atoms. The summed E-state index contributed by atoms with van der Waals surface area (Å²) in [6.45, 7) is 0.781. The van der Waals surface area contributed by atoms with Crippen molar-refractivity contribution in [2.45, 2.75) is 37.5 Å². The number of H-pyrrole nitrogens is 1. The number of hydrogen-bond donors (Lipinski definition) is 3. The van der Waals surface area contributed by atoms with E-state index in [2.05, 4.69) is 30.9 Å². The first kappa shape index (κ1) is 20.9. The molecule has 3 N–H and O–H groups in total. The number of benzene rings is 1. The summed E-state index contributed by atoms with van der Waals surface area (Å²) < 4.78 is 4.98. The lowest BCUT2D eigenvalue weighted by Crippen LogP contribution is -2.30. The molecule has 1 fully saturated rings. The van der Waals surface area contributed by atoms with Gasteiger partial charge in [0.15, 0.2) is 11.5 Å². The van der Waals surface area contributed by atoms with E-state index >= 15 is 0 Å². The van der Waals surface area contributed by atoms with Crippen molar-refractivity contribution in [3.05, 3.63) is 41.0 Å². The number of phenols is 1. The number of aromatic hydroxyl groups is 1. The molecule has 1 aromatic carbocycles. The van der Waals surface area contributed by atoms with Crippen LogP contribution in [0.1, 0.15) is 48.9 Å². The second-order valence-electron chi connectivity index (χ2n) is 7.76. The smallest absolute Gasteiger partial charge is 0.278 e. The van der Waals surface area contributed by atoms with Crippen molar-refractivity contribution in [1.29, 1.82) is 0 Å². The summed E-state index contributed by atoms with van der Waals surface area (Å²) in [5.74, 6) is 0.475. The number of rotatable bonds is 7. The largest absolute Gasteiger partial charge is 0.508 e. The minimum absolute atomic E-state index is 0.0341. The predicted molar refractivity (Wildman–Crippen MR) is 109 cm³/mol. The fraction of sp³-hybridized carbons (Fsp3) is 0.500. The number of nitrogens with zero attached hydrogens (tertiary/aromatic N) is 6. The van der Waals surface area contributed by atoms with E-state index in [1.807, 2.05) is 6.07 Å². The summed E-state index contributed by atoms with van der Waals surface area (Å²) in [5, 5.41) is 43.3. The van der Waals surface area contributed by atoms with Crippen molar-refractivity contribution in [2.75, 3.05) is 26.8 Å². The number of ether oxygens (including phenoxy) is 1. The number of aliphatic hydroxyl groups is 1. The molecule has 11 heteroatoms. The zero-order valence-corrected chi connectivity index (χ0v) is 17.2. The van der Waals surface area contributed by atoms with Gasteiger partial charge < -0.3 is 19.8 Å². The van der Waals surface area contributed by atoms with Gasteiger partial charge in [-0.1, -0.05) is 23.8 Å². The average Bonchev–Trinajstić information content (AvgIpc) is 3.41. The Hall–Kier alpha value is -3.34. The van der Waals surface area contributed by atoms with Crippen LogP contribution in [0.4, 0.5) is 5.69 Å². The number of phenolic OH excluding ortho intramolecular Hbond substituents is 1. The second-order valence-corrected chi connectivity index (χ2v) is 7.76. The number of azo groups is 1. The Morgan fingerprint density at radius 1 is 1.26 bits per heavy atom. The van der Waals surface area contributed by atoms with E-state index in [0.717, 1.165) is 31.2 Å². The van der Waals surface area contributed by atoms with Crippen molar-refractivity contribution in [3.8, 4) is 5.75 Å². The number of aliphatic hydroxyl groups excluding tert-OH is 1. The van der Waals surface area contributed by atoms with E-state index < -0.39 is 5.91 Å². The number of aromatic nitrogens is 4. The lowest BCUT2D eigenvalue weighted by molar-refractivity contribution is -0.126. The fourth-order valence-corrected chi connectivity index (χ4v) is 4.20. The third-order valence-electron chi connectivity index (χ3n) is 5.81. The molecule has 1 amide bonds.